The molecule has 18 heavy (non-hydrogen) atoms. The molecule has 2 rings (SSSR count). The van der Waals surface area contributed by atoms with Gasteiger partial charge in [-0.3, -0.25) is 9.36 Å². The minimum atomic E-state index is -0.542. The average molecular weight is 244 g/mol. The molecular weight excluding hydrogens is 228 g/mol. The molecule has 0 N–H and O–H groups in total. The molecule has 0 saturated heterocycles. The van der Waals surface area contributed by atoms with Crippen molar-refractivity contribution in [2.24, 2.45) is 0 Å². The van der Waals surface area contributed by atoms with Gasteiger partial charge in [-0.1, -0.05) is 12.1 Å². The summed E-state index contributed by atoms with van der Waals surface area (Å²) in [6, 6.07) is 5.82. The molecule has 94 valence electrons. The van der Waals surface area contributed by atoms with Crippen LogP contribution in [0.1, 0.15) is 22.8 Å². The van der Waals surface area contributed by atoms with Crippen molar-refractivity contribution in [2.75, 3.05) is 0 Å². The first kappa shape index (κ1) is 12.4. The van der Waals surface area contributed by atoms with E-state index in [1.807, 2.05) is 32.0 Å². The summed E-state index contributed by atoms with van der Waals surface area (Å²) in [4.78, 5) is 15.9. The van der Waals surface area contributed by atoms with E-state index in [0.29, 0.717) is 0 Å². The van der Waals surface area contributed by atoms with Crippen LogP contribution >= 0.6 is 0 Å². The van der Waals surface area contributed by atoms with Crippen LogP contribution in [0, 0.1) is 13.8 Å². The molecular formula is C14H16N2O2. The van der Waals surface area contributed by atoms with Gasteiger partial charge in [0.25, 0.3) is 5.91 Å². The van der Waals surface area contributed by atoms with Gasteiger partial charge in [-0.05, 0) is 38.0 Å². The molecule has 1 aromatic heterocycles. The number of carbonyl (C=O) groups is 1. The largest absolute Gasteiger partial charge is 0.481 e. The smallest absolute Gasteiger partial charge is 0.272 e. The highest BCUT2D eigenvalue weighted by Crippen LogP contribution is 2.21. The molecule has 0 aliphatic rings. The van der Waals surface area contributed by atoms with Gasteiger partial charge < -0.3 is 4.74 Å². The maximum atomic E-state index is 12.0. The van der Waals surface area contributed by atoms with Crippen LogP contribution in [-0.2, 0) is 0 Å². The SMILES string of the molecule is Cc1cccc(OC(C)C(=O)n2ccnc2)c1C. The molecule has 0 spiro atoms. The van der Waals surface area contributed by atoms with Crippen LogP contribution in [0.3, 0.4) is 0 Å². The summed E-state index contributed by atoms with van der Waals surface area (Å²) in [5, 5.41) is 0. The Morgan fingerprint density at radius 1 is 1.39 bits per heavy atom. The highest BCUT2D eigenvalue weighted by molar-refractivity contribution is 5.83. The normalized spacial score (nSPS) is 12.2. The third-order valence-electron chi connectivity index (χ3n) is 2.97. The van der Waals surface area contributed by atoms with Gasteiger partial charge in [-0.25, -0.2) is 4.98 Å². The summed E-state index contributed by atoms with van der Waals surface area (Å²) >= 11 is 0. The molecule has 2 aromatic rings. The van der Waals surface area contributed by atoms with E-state index in [1.54, 1.807) is 19.3 Å². The molecule has 0 aliphatic carbocycles. The van der Waals surface area contributed by atoms with Gasteiger partial charge in [-0.2, -0.15) is 0 Å². The molecule has 4 nitrogen and oxygen atoms in total. The summed E-state index contributed by atoms with van der Waals surface area (Å²) in [5.41, 5.74) is 2.21. The number of ether oxygens (including phenoxy) is 1. The van der Waals surface area contributed by atoms with Crippen molar-refractivity contribution in [1.82, 2.24) is 9.55 Å². The lowest BCUT2D eigenvalue weighted by Gasteiger charge is -2.16. The Balaban J connectivity index is 2.14. The van der Waals surface area contributed by atoms with E-state index in [-0.39, 0.29) is 5.91 Å². The molecule has 0 amide bonds. The Bertz CT molecular complexity index is 547. The Kier molecular flexibility index (Phi) is 3.46. The van der Waals surface area contributed by atoms with E-state index in [9.17, 15) is 4.79 Å². The predicted octanol–water partition coefficient (Wildman–Crippen LogP) is 2.61. The molecule has 1 atom stereocenters. The number of aromatic nitrogens is 2. The van der Waals surface area contributed by atoms with Gasteiger partial charge in [0.2, 0.25) is 0 Å². The fourth-order valence-electron chi connectivity index (χ4n) is 1.69. The summed E-state index contributed by atoms with van der Waals surface area (Å²) in [6.45, 7) is 5.74. The van der Waals surface area contributed by atoms with E-state index >= 15 is 0 Å². The molecule has 0 fully saturated rings. The van der Waals surface area contributed by atoms with Crippen molar-refractivity contribution in [3.8, 4) is 5.75 Å². The van der Waals surface area contributed by atoms with Crippen molar-refractivity contribution in [3.63, 3.8) is 0 Å². The van der Waals surface area contributed by atoms with Crippen molar-refractivity contribution < 1.29 is 9.53 Å². The van der Waals surface area contributed by atoms with Crippen LogP contribution in [0.25, 0.3) is 0 Å². The molecule has 1 heterocycles. The van der Waals surface area contributed by atoms with Crippen molar-refractivity contribution in [1.29, 1.82) is 0 Å². The number of nitrogens with zero attached hydrogens (tertiary/aromatic N) is 2. The lowest BCUT2D eigenvalue weighted by atomic mass is 10.1. The first-order valence-electron chi connectivity index (χ1n) is 5.84. The topological polar surface area (TPSA) is 44.1 Å². The molecule has 1 unspecified atom stereocenters. The lowest BCUT2D eigenvalue weighted by molar-refractivity contribution is 0.0726. The number of benzene rings is 1. The van der Waals surface area contributed by atoms with E-state index < -0.39 is 6.10 Å². The first-order valence-corrected chi connectivity index (χ1v) is 5.84. The maximum absolute atomic E-state index is 12.0. The monoisotopic (exact) mass is 244 g/mol. The zero-order chi connectivity index (χ0) is 13.1. The van der Waals surface area contributed by atoms with Gasteiger partial charge in [0.15, 0.2) is 6.10 Å². The zero-order valence-electron chi connectivity index (χ0n) is 10.8. The van der Waals surface area contributed by atoms with Crippen molar-refractivity contribution in [2.45, 2.75) is 26.9 Å². The van der Waals surface area contributed by atoms with Crippen molar-refractivity contribution >= 4 is 5.91 Å². The fourth-order valence-corrected chi connectivity index (χ4v) is 1.69. The van der Waals surface area contributed by atoms with Gasteiger partial charge in [0.05, 0.1) is 0 Å². The van der Waals surface area contributed by atoms with Crippen LogP contribution in [0.2, 0.25) is 0 Å². The first-order chi connectivity index (χ1) is 8.59. The Labute approximate surface area is 106 Å². The van der Waals surface area contributed by atoms with Gasteiger partial charge >= 0.3 is 0 Å². The molecule has 0 radical (unpaired) electrons. The molecule has 0 bridgehead atoms. The number of hydrogen-bond donors (Lipinski definition) is 0. The Morgan fingerprint density at radius 3 is 2.83 bits per heavy atom. The number of carbonyl (C=O) groups excluding carboxylic acids is 1. The lowest BCUT2D eigenvalue weighted by Crippen LogP contribution is -2.28. The van der Waals surface area contributed by atoms with Crippen LogP contribution in [-0.4, -0.2) is 21.6 Å². The Morgan fingerprint density at radius 2 is 2.17 bits per heavy atom. The molecule has 4 heteroatoms. The molecule has 0 aliphatic heterocycles. The average Bonchev–Trinajstić information content (AvgIpc) is 2.87. The second-order valence-electron chi connectivity index (χ2n) is 4.27. The summed E-state index contributed by atoms with van der Waals surface area (Å²) in [7, 11) is 0. The minimum Gasteiger partial charge on any atom is -0.481 e. The van der Waals surface area contributed by atoms with Gasteiger partial charge in [0.1, 0.15) is 12.1 Å². The van der Waals surface area contributed by atoms with Crippen LogP contribution < -0.4 is 4.74 Å². The van der Waals surface area contributed by atoms with E-state index in [0.717, 1.165) is 16.9 Å². The highest BCUT2D eigenvalue weighted by atomic mass is 16.5. The van der Waals surface area contributed by atoms with Gasteiger partial charge in [-0.15, -0.1) is 0 Å². The third-order valence-corrected chi connectivity index (χ3v) is 2.97. The van der Waals surface area contributed by atoms with Crippen molar-refractivity contribution in [3.05, 3.63) is 48.0 Å². The quantitative estimate of drug-likeness (QED) is 0.833. The van der Waals surface area contributed by atoms with E-state index in [1.165, 1.54) is 10.9 Å². The second-order valence-corrected chi connectivity index (χ2v) is 4.27. The van der Waals surface area contributed by atoms with Crippen LogP contribution in [0.4, 0.5) is 0 Å². The predicted molar refractivity (Wildman–Crippen MR) is 68.9 cm³/mol. The third kappa shape index (κ3) is 2.42. The Hall–Kier alpha value is -2.10. The number of imidazole rings is 1. The fraction of sp³-hybridized carbons (Fsp3) is 0.286. The summed E-state index contributed by atoms with van der Waals surface area (Å²) in [5.74, 6) is 0.615. The second kappa shape index (κ2) is 5.04. The molecule has 0 saturated carbocycles. The van der Waals surface area contributed by atoms with Crippen LogP contribution in [0.5, 0.6) is 5.75 Å². The van der Waals surface area contributed by atoms with Gasteiger partial charge in [0, 0.05) is 12.4 Å². The van der Waals surface area contributed by atoms with E-state index in [2.05, 4.69) is 4.98 Å². The maximum Gasteiger partial charge on any atom is 0.272 e. The van der Waals surface area contributed by atoms with Crippen LogP contribution in [0.15, 0.2) is 36.9 Å². The number of hydrogen-bond acceptors (Lipinski definition) is 3. The minimum absolute atomic E-state index is 0.131. The van der Waals surface area contributed by atoms with E-state index in [4.69, 9.17) is 4.74 Å². The highest BCUT2D eigenvalue weighted by Gasteiger charge is 2.17. The number of aryl methyl sites for hydroxylation is 1. The number of rotatable bonds is 3. The standard InChI is InChI=1S/C14H16N2O2/c1-10-5-4-6-13(11(10)2)18-12(3)14(17)16-8-7-15-9-16/h4-9,12H,1-3H3. The zero-order valence-corrected chi connectivity index (χ0v) is 10.8. The molecule has 1 aromatic carbocycles. The summed E-state index contributed by atoms with van der Waals surface area (Å²) in [6.07, 6.45) is 4.12. The summed E-state index contributed by atoms with van der Waals surface area (Å²) < 4.78 is 7.14.